The molecule has 0 unspecified atom stereocenters. The van der Waals surface area contributed by atoms with Crippen LogP contribution in [-0.4, -0.2) is 30.5 Å². The molecular weight excluding hydrogens is 308 g/mol. The van der Waals surface area contributed by atoms with Crippen LogP contribution >= 0.6 is 15.9 Å². The lowest BCUT2D eigenvalue weighted by molar-refractivity contribution is -0.108. The fourth-order valence-corrected chi connectivity index (χ4v) is 4.35. The van der Waals surface area contributed by atoms with Gasteiger partial charge in [0.05, 0.1) is 11.2 Å². The quantitative estimate of drug-likeness (QED) is 0.433. The first kappa shape index (κ1) is 16.2. The van der Waals surface area contributed by atoms with Crippen molar-refractivity contribution in [2.75, 3.05) is 0 Å². The van der Waals surface area contributed by atoms with Crippen LogP contribution in [0.2, 0.25) is 19.6 Å². The van der Waals surface area contributed by atoms with E-state index in [0.717, 1.165) is 12.8 Å². The van der Waals surface area contributed by atoms with Crippen LogP contribution < -0.4 is 0 Å². The third kappa shape index (κ3) is 3.83. The van der Waals surface area contributed by atoms with E-state index < -0.39 is 8.32 Å². The van der Waals surface area contributed by atoms with Crippen molar-refractivity contribution in [3.8, 4) is 12.3 Å². The summed E-state index contributed by atoms with van der Waals surface area (Å²) in [6.45, 7) is 12.8. The minimum Gasteiger partial charge on any atom is -0.409 e. The van der Waals surface area contributed by atoms with Gasteiger partial charge in [-0.3, -0.25) is 0 Å². The molecular formula is C14H25BrO2Si. The summed E-state index contributed by atoms with van der Waals surface area (Å²) in [4.78, 5) is 0.299. The third-order valence-electron chi connectivity index (χ3n) is 3.32. The zero-order chi connectivity index (χ0) is 14.2. The minimum atomic E-state index is -1.66. The van der Waals surface area contributed by atoms with Crippen molar-refractivity contribution in [2.45, 2.75) is 75.4 Å². The third-order valence-corrected chi connectivity index (χ3v) is 5.95. The van der Waals surface area contributed by atoms with Crippen molar-refractivity contribution in [1.82, 2.24) is 0 Å². The van der Waals surface area contributed by atoms with Gasteiger partial charge < -0.3 is 9.16 Å². The van der Waals surface area contributed by atoms with Gasteiger partial charge in [0.15, 0.2) is 8.32 Å². The smallest absolute Gasteiger partial charge is 0.184 e. The Balaban J connectivity index is 3.02. The molecule has 1 heterocycles. The fourth-order valence-electron chi connectivity index (χ4n) is 2.41. The predicted octanol–water partition coefficient (Wildman–Crippen LogP) is 3.95. The van der Waals surface area contributed by atoms with Crippen LogP contribution in [0.4, 0.5) is 0 Å². The van der Waals surface area contributed by atoms with Crippen LogP contribution in [0.3, 0.4) is 0 Å². The molecule has 18 heavy (non-hydrogen) atoms. The maximum absolute atomic E-state index is 6.34. The van der Waals surface area contributed by atoms with E-state index in [1.54, 1.807) is 0 Å². The Labute approximate surface area is 121 Å². The van der Waals surface area contributed by atoms with E-state index in [4.69, 9.17) is 15.6 Å². The minimum absolute atomic E-state index is 0.266. The molecule has 0 aliphatic carbocycles. The Hall–Kier alpha value is 0.177. The average Bonchev–Trinajstić information content (AvgIpc) is 2.26. The first-order valence-electron chi connectivity index (χ1n) is 6.48. The summed E-state index contributed by atoms with van der Waals surface area (Å²) in [6, 6.07) is 0. The van der Waals surface area contributed by atoms with Gasteiger partial charge in [-0.15, -0.1) is 6.42 Å². The highest BCUT2D eigenvalue weighted by molar-refractivity contribution is 9.09. The monoisotopic (exact) mass is 332 g/mol. The van der Waals surface area contributed by atoms with Gasteiger partial charge in [0.25, 0.3) is 0 Å². The standard InChI is InChI=1S/C14H25BrO2Si/c1-8-12-14(4,17-18(5,6)7)10-9-11(15)13(2,3)16-12/h1,11-12H,9-10H2,2-7H3/t11-,12+,14+/m1/s1. The van der Waals surface area contributed by atoms with Crippen LogP contribution in [-0.2, 0) is 9.16 Å². The molecule has 1 fully saturated rings. The highest BCUT2D eigenvalue weighted by Crippen LogP contribution is 2.39. The Morgan fingerprint density at radius 2 is 1.89 bits per heavy atom. The van der Waals surface area contributed by atoms with Gasteiger partial charge in [-0.25, -0.2) is 0 Å². The van der Waals surface area contributed by atoms with Crippen molar-refractivity contribution >= 4 is 24.2 Å². The second-order valence-corrected chi connectivity index (χ2v) is 12.3. The van der Waals surface area contributed by atoms with Gasteiger partial charge in [-0.2, -0.15) is 0 Å². The van der Waals surface area contributed by atoms with Gasteiger partial charge >= 0.3 is 0 Å². The first-order chi connectivity index (χ1) is 8.00. The molecule has 0 radical (unpaired) electrons. The topological polar surface area (TPSA) is 18.5 Å². The van der Waals surface area contributed by atoms with Gasteiger partial charge in [-0.1, -0.05) is 21.9 Å². The molecule has 1 rings (SSSR count). The van der Waals surface area contributed by atoms with Crippen molar-refractivity contribution in [3.63, 3.8) is 0 Å². The number of alkyl halides is 1. The van der Waals surface area contributed by atoms with E-state index in [-0.39, 0.29) is 17.3 Å². The molecule has 1 aliphatic heterocycles. The molecule has 0 bridgehead atoms. The van der Waals surface area contributed by atoms with E-state index in [1.807, 2.05) is 0 Å². The maximum atomic E-state index is 6.34. The summed E-state index contributed by atoms with van der Waals surface area (Å²) in [5, 5.41) is 0. The Kier molecular flexibility index (Phi) is 4.76. The van der Waals surface area contributed by atoms with Crippen LogP contribution in [0.5, 0.6) is 0 Å². The highest BCUT2D eigenvalue weighted by Gasteiger charge is 2.46. The van der Waals surface area contributed by atoms with Crippen LogP contribution in [0.25, 0.3) is 0 Å². The van der Waals surface area contributed by atoms with Crippen molar-refractivity contribution in [2.24, 2.45) is 0 Å². The van der Waals surface area contributed by atoms with Crippen molar-refractivity contribution in [3.05, 3.63) is 0 Å². The molecule has 4 heteroatoms. The Bertz CT molecular complexity index is 343. The Morgan fingerprint density at radius 3 is 2.33 bits per heavy atom. The summed E-state index contributed by atoms with van der Waals surface area (Å²) in [7, 11) is -1.66. The lowest BCUT2D eigenvalue weighted by atomic mass is 9.93. The van der Waals surface area contributed by atoms with E-state index in [0.29, 0.717) is 4.83 Å². The van der Waals surface area contributed by atoms with E-state index in [9.17, 15) is 0 Å². The highest BCUT2D eigenvalue weighted by atomic mass is 79.9. The summed E-state index contributed by atoms with van der Waals surface area (Å²) in [6.07, 6.45) is 7.32. The Morgan fingerprint density at radius 1 is 1.33 bits per heavy atom. The number of halogens is 1. The largest absolute Gasteiger partial charge is 0.409 e. The zero-order valence-electron chi connectivity index (χ0n) is 12.3. The molecule has 0 N–H and O–H groups in total. The maximum Gasteiger partial charge on any atom is 0.184 e. The molecule has 0 saturated carbocycles. The molecule has 104 valence electrons. The van der Waals surface area contributed by atoms with E-state index >= 15 is 0 Å². The van der Waals surface area contributed by atoms with Gasteiger partial charge in [0.2, 0.25) is 0 Å². The van der Waals surface area contributed by atoms with Crippen LogP contribution in [0, 0.1) is 12.3 Å². The molecule has 0 aromatic rings. The number of rotatable bonds is 2. The second kappa shape index (κ2) is 5.28. The zero-order valence-corrected chi connectivity index (χ0v) is 14.9. The summed E-state index contributed by atoms with van der Waals surface area (Å²) < 4.78 is 12.5. The molecule has 3 atom stereocenters. The van der Waals surface area contributed by atoms with Gasteiger partial charge in [0.1, 0.15) is 6.10 Å². The summed E-state index contributed by atoms with van der Waals surface area (Å²) in [5.41, 5.74) is -0.642. The van der Waals surface area contributed by atoms with E-state index in [1.165, 1.54) is 0 Å². The van der Waals surface area contributed by atoms with Gasteiger partial charge in [-0.05, 0) is 53.3 Å². The fraction of sp³-hybridized carbons (Fsp3) is 0.857. The molecule has 0 amide bonds. The van der Waals surface area contributed by atoms with Gasteiger partial charge in [0, 0.05) is 4.83 Å². The molecule has 2 nitrogen and oxygen atoms in total. The number of terminal acetylenes is 1. The lowest BCUT2D eigenvalue weighted by Gasteiger charge is -2.40. The second-order valence-electron chi connectivity index (χ2n) is 6.80. The first-order valence-corrected chi connectivity index (χ1v) is 10.8. The summed E-state index contributed by atoms with van der Waals surface area (Å²) >= 11 is 3.71. The average molecular weight is 333 g/mol. The number of hydrogen-bond acceptors (Lipinski definition) is 2. The van der Waals surface area contributed by atoms with E-state index in [2.05, 4.69) is 62.3 Å². The summed E-state index contributed by atoms with van der Waals surface area (Å²) in [5.74, 6) is 2.79. The van der Waals surface area contributed by atoms with Crippen molar-refractivity contribution in [1.29, 1.82) is 0 Å². The predicted molar refractivity (Wildman–Crippen MR) is 82.6 cm³/mol. The van der Waals surface area contributed by atoms with Crippen molar-refractivity contribution < 1.29 is 9.16 Å². The lowest BCUT2D eigenvalue weighted by Crippen LogP contribution is -2.50. The number of ether oxygens (including phenoxy) is 1. The molecule has 0 spiro atoms. The van der Waals surface area contributed by atoms with Crippen LogP contribution in [0.15, 0.2) is 0 Å². The SMILES string of the molecule is C#C[C@@H]1OC(C)(C)[C@H](Br)CC[C@]1(C)O[Si](C)(C)C. The molecule has 1 aliphatic rings. The van der Waals surface area contributed by atoms with Crippen LogP contribution in [0.1, 0.15) is 33.6 Å². The molecule has 0 aromatic carbocycles. The molecule has 1 saturated heterocycles. The molecule has 0 aromatic heterocycles. The number of hydrogen-bond donors (Lipinski definition) is 0. The normalized spacial score (nSPS) is 36.8.